The molecule has 3 nitrogen and oxygen atoms in total. The van der Waals surface area contributed by atoms with Crippen LogP contribution in [0.2, 0.25) is 0 Å². The van der Waals surface area contributed by atoms with Gasteiger partial charge in [0.25, 0.3) is 0 Å². The van der Waals surface area contributed by atoms with Gasteiger partial charge in [-0.15, -0.1) is 0 Å². The van der Waals surface area contributed by atoms with Gasteiger partial charge in [-0.25, -0.2) is 0 Å². The van der Waals surface area contributed by atoms with E-state index in [1.165, 1.54) is 0 Å². The summed E-state index contributed by atoms with van der Waals surface area (Å²) in [6, 6.07) is 0. The van der Waals surface area contributed by atoms with Gasteiger partial charge in [0, 0.05) is 0 Å². The smallest absolute Gasteiger partial charge is 0.112 e. The maximum absolute atomic E-state index is 9.29. The van der Waals surface area contributed by atoms with E-state index in [0.717, 1.165) is 12.8 Å². The fraction of sp³-hybridized carbons (Fsp3) is 1.00. The summed E-state index contributed by atoms with van der Waals surface area (Å²) in [4.78, 5) is 0. The van der Waals surface area contributed by atoms with Crippen molar-refractivity contribution >= 4 is 0 Å². The molecule has 0 unspecified atom stereocenters. The number of epoxide rings is 1. The molecule has 2 N–H and O–H groups in total. The van der Waals surface area contributed by atoms with Gasteiger partial charge in [0.05, 0.1) is 12.2 Å². The van der Waals surface area contributed by atoms with E-state index in [1.54, 1.807) is 6.92 Å². The molecule has 0 aromatic carbocycles. The molecule has 1 aliphatic rings. The fourth-order valence-electron chi connectivity index (χ4n) is 1.25. The minimum absolute atomic E-state index is 0.116. The molecule has 0 aromatic rings. The van der Waals surface area contributed by atoms with Gasteiger partial charge in [-0.2, -0.15) is 0 Å². The van der Waals surface area contributed by atoms with Crippen molar-refractivity contribution in [1.82, 2.24) is 0 Å². The lowest BCUT2D eigenvalue weighted by Gasteiger charge is -2.09. The van der Waals surface area contributed by atoms with Crippen LogP contribution in [-0.4, -0.2) is 34.6 Å². The van der Waals surface area contributed by atoms with Gasteiger partial charge in [0.2, 0.25) is 0 Å². The van der Waals surface area contributed by atoms with Crippen LogP contribution >= 0.6 is 0 Å². The van der Waals surface area contributed by atoms with Crippen LogP contribution in [0.1, 0.15) is 26.7 Å². The lowest BCUT2D eigenvalue weighted by molar-refractivity contribution is 0.0137. The van der Waals surface area contributed by atoms with E-state index in [0.29, 0.717) is 0 Å². The van der Waals surface area contributed by atoms with Gasteiger partial charge < -0.3 is 14.9 Å². The Hall–Kier alpha value is -0.120. The molecule has 4 atom stereocenters. The number of rotatable bonds is 4. The van der Waals surface area contributed by atoms with Gasteiger partial charge in [-0.1, -0.05) is 13.3 Å². The minimum atomic E-state index is -0.702. The number of hydrogen-bond acceptors (Lipinski definition) is 3. The van der Waals surface area contributed by atoms with Crippen molar-refractivity contribution in [3.05, 3.63) is 0 Å². The molecule has 0 bridgehead atoms. The van der Waals surface area contributed by atoms with E-state index in [9.17, 15) is 5.11 Å². The Morgan fingerprint density at radius 1 is 1.45 bits per heavy atom. The third-order valence-corrected chi connectivity index (χ3v) is 2.03. The Kier molecular flexibility index (Phi) is 2.87. The highest BCUT2D eigenvalue weighted by Crippen LogP contribution is 2.30. The van der Waals surface area contributed by atoms with Crippen molar-refractivity contribution in [1.29, 1.82) is 0 Å². The van der Waals surface area contributed by atoms with Gasteiger partial charge in [0.15, 0.2) is 0 Å². The van der Waals surface area contributed by atoms with Crippen molar-refractivity contribution in [3.8, 4) is 0 Å². The molecular formula is C8H16O3. The van der Waals surface area contributed by atoms with Gasteiger partial charge in [-0.3, -0.25) is 0 Å². The van der Waals surface area contributed by atoms with Crippen molar-refractivity contribution in [2.75, 3.05) is 0 Å². The second-order valence-electron chi connectivity index (χ2n) is 3.16. The van der Waals surface area contributed by atoms with Gasteiger partial charge in [-0.05, 0) is 13.3 Å². The lowest BCUT2D eigenvalue weighted by atomic mass is 10.1. The summed E-state index contributed by atoms with van der Waals surface area (Å²) in [5.74, 6) is 0. The van der Waals surface area contributed by atoms with Crippen LogP contribution in [0, 0.1) is 0 Å². The maximum atomic E-state index is 9.29. The molecule has 1 rings (SSSR count). The normalized spacial score (nSPS) is 34.9. The molecule has 1 heterocycles. The molecule has 0 spiro atoms. The van der Waals surface area contributed by atoms with E-state index >= 15 is 0 Å². The van der Waals surface area contributed by atoms with Crippen LogP contribution in [0.5, 0.6) is 0 Å². The van der Waals surface area contributed by atoms with Crippen LogP contribution in [0.3, 0.4) is 0 Å². The zero-order valence-electron chi connectivity index (χ0n) is 7.03. The van der Waals surface area contributed by atoms with Gasteiger partial charge in [0.1, 0.15) is 12.2 Å². The van der Waals surface area contributed by atoms with E-state index < -0.39 is 12.2 Å². The van der Waals surface area contributed by atoms with Crippen LogP contribution in [0.4, 0.5) is 0 Å². The predicted octanol–water partition coefficient (Wildman–Crippen LogP) is 0.296. The zero-order valence-corrected chi connectivity index (χ0v) is 7.03. The maximum Gasteiger partial charge on any atom is 0.112 e. The van der Waals surface area contributed by atoms with Gasteiger partial charge >= 0.3 is 0 Å². The Bertz CT molecular complexity index is 125. The van der Waals surface area contributed by atoms with E-state index in [1.807, 2.05) is 0 Å². The molecule has 3 heteroatoms. The van der Waals surface area contributed by atoms with Crippen LogP contribution < -0.4 is 0 Å². The molecule has 0 aliphatic carbocycles. The largest absolute Gasteiger partial charge is 0.391 e. The van der Waals surface area contributed by atoms with E-state index in [4.69, 9.17) is 9.84 Å². The standard InChI is InChI=1S/C8H16O3/c1-3-4-6-8(11-6)7(10)5(2)9/h5-10H,3-4H2,1-2H3/t5-,6+,7+,8-/m0/s1. The van der Waals surface area contributed by atoms with Crippen molar-refractivity contribution in [2.24, 2.45) is 0 Å². The molecule has 0 amide bonds. The fourth-order valence-corrected chi connectivity index (χ4v) is 1.25. The average Bonchev–Trinajstić information content (AvgIpc) is 2.67. The third kappa shape index (κ3) is 2.15. The zero-order chi connectivity index (χ0) is 8.43. The number of aliphatic hydroxyl groups is 2. The predicted molar refractivity (Wildman–Crippen MR) is 41.3 cm³/mol. The monoisotopic (exact) mass is 160 g/mol. The SMILES string of the molecule is CCC[C@H]1O[C@@H]1[C@H](O)[C@H](C)O. The summed E-state index contributed by atoms with van der Waals surface area (Å²) in [5, 5.41) is 18.3. The Morgan fingerprint density at radius 3 is 2.55 bits per heavy atom. The molecule has 1 saturated heterocycles. The topological polar surface area (TPSA) is 53.0 Å². The first kappa shape index (κ1) is 8.97. The van der Waals surface area contributed by atoms with Crippen molar-refractivity contribution < 1.29 is 14.9 Å². The summed E-state index contributed by atoms with van der Waals surface area (Å²) >= 11 is 0. The first-order valence-electron chi connectivity index (χ1n) is 4.18. The molecule has 0 aromatic heterocycles. The van der Waals surface area contributed by atoms with E-state index in [2.05, 4.69) is 6.92 Å². The number of ether oxygens (including phenoxy) is 1. The van der Waals surface area contributed by atoms with Crippen molar-refractivity contribution in [3.63, 3.8) is 0 Å². The second kappa shape index (κ2) is 3.52. The highest BCUT2D eigenvalue weighted by molar-refractivity contribution is 4.92. The Morgan fingerprint density at radius 2 is 2.09 bits per heavy atom. The highest BCUT2D eigenvalue weighted by Gasteiger charge is 2.44. The Labute approximate surface area is 67.0 Å². The molecule has 1 aliphatic heterocycles. The summed E-state index contributed by atoms with van der Waals surface area (Å²) in [7, 11) is 0. The first-order chi connectivity index (χ1) is 5.16. The summed E-state index contributed by atoms with van der Waals surface area (Å²) in [6.45, 7) is 3.66. The quantitative estimate of drug-likeness (QED) is 0.581. The Balaban J connectivity index is 2.20. The number of aliphatic hydroxyl groups excluding tert-OH is 2. The lowest BCUT2D eigenvalue weighted by Crippen LogP contribution is -2.29. The molecule has 0 saturated carbocycles. The summed E-state index contributed by atoms with van der Waals surface area (Å²) < 4.78 is 5.17. The minimum Gasteiger partial charge on any atom is -0.391 e. The average molecular weight is 160 g/mol. The molecule has 11 heavy (non-hydrogen) atoms. The van der Waals surface area contributed by atoms with Crippen LogP contribution in [0.25, 0.3) is 0 Å². The highest BCUT2D eigenvalue weighted by atomic mass is 16.6. The second-order valence-corrected chi connectivity index (χ2v) is 3.16. The van der Waals surface area contributed by atoms with E-state index in [-0.39, 0.29) is 12.2 Å². The molecule has 0 radical (unpaired) electrons. The summed E-state index contributed by atoms with van der Waals surface area (Å²) in [6.07, 6.45) is 0.732. The first-order valence-corrected chi connectivity index (χ1v) is 4.18. The number of hydrogen-bond donors (Lipinski definition) is 2. The van der Waals surface area contributed by atoms with Crippen LogP contribution in [-0.2, 0) is 4.74 Å². The molecular weight excluding hydrogens is 144 g/mol. The van der Waals surface area contributed by atoms with Crippen molar-refractivity contribution in [2.45, 2.75) is 51.1 Å². The molecule has 66 valence electrons. The van der Waals surface area contributed by atoms with Crippen LogP contribution in [0.15, 0.2) is 0 Å². The molecule has 1 fully saturated rings. The third-order valence-electron chi connectivity index (χ3n) is 2.03. The summed E-state index contributed by atoms with van der Waals surface area (Å²) in [5.41, 5.74) is 0.